The van der Waals surface area contributed by atoms with Crippen molar-refractivity contribution in [2.75, 3.05) is 11.4 Å². The van der Waals surface area contributed by atoms with Crippen molar-refractivity contribution in [2.45, 2.75) is 45.0 Å². The second kappa shape index (κ2) is 8.71. The molecule has 0 spiro atoms. The predicted octanol–water partition coefficient (Wildman–Crippen LogP) is 5.08. The van der Waals surface area contributed by atoms with Crippen LogP contribution in [0.3, 0.4) is 0 Å². The molecule has 2 aromatic carbocycles. The van der Waals surface area contributed by atoms with Gasteiger partial charge in [0.05, 0.1) is 5.69 Å². The van der Waals surface area contributed by atoms with Crippen molar-refractivity contribution in [3.05, 3.63) is 58.9 Å². The van der Waals surface area contributed by atoms with E-state index in [9.17, 15) is 22.4 Å². The second-order valence-electron chi connectivity index (χ2n) is 7.04. The zero-order chi connectivity index (χ0) is 21.0. The van der Waals surface area contributed by atoms with Crippen molar-refractivity contribution < 1.29 is 32.2 Å². The molecule has 156 valence electrons. The number of carboxylic acid groups (broad SMARTS) is 1. The fourth-order valence-electron chi connectivity index (χ4n) is 3.50. The Morgan fingerprint density at radius 1 is 1.10 bits per heavy atom. The number of hydrogen-bond acceptors (Lipinski definition) is 3. The fraction of sp³-hybridized carbons (Fsp3) is 0.381. The molecule has 0 atom stereocenters. The summed E-state index contributed by atoms with van der Waals surface area (Å²) in [6.07, 6.45) is -1.84. The Labute approximate surface area is 165 Å². The molecule has 0 bridgehead atoms. The molecule has 0 amide bonds. The number of nitrogens with zero attached hydrogens (tertiary/aromatic N) is 1. The summed E-state index contributed by atoms with van der Waals surface area (Å²) < 4.78 is 55.5. The molecule has 3 rings (SSSR count). The molecule has 2 aromatic rings. The lowest BCUT2D eigenvalue weighted by molar-refractivity contribution is -0.274. The Morgan fingerprint density at radius 3 is 2.62 bits per heavy atom. The highest BCUT2D eigenvalue weighted by Gasteiger charge is 2.31. The van der Waals surface area contributed by atoms with Crippen LogP contribution in [0.15, 0.2) is 36.4 Å². The lowest BCUT2D eigenvalue weighted by atomic mass is 9.95. The molecular formula is C21H21F4NO3. The molecule has 1 aliphatic heterocycles. The van der Waals surface area contributed by atoms with E-state index in [2.05, 4.69) is 10.8 Å². The van der Waals surface area contributed by atoms with Gasteiger partial charge < -0.3 is 14.7 Å². The van der Waals surface area contributed by atoms with Crippen LogP contribution in [0.4, 0.5) is 23.2 Å². The Kier molecular flexibility index (Phi) is 6.30. The molecule has 4 nitrogen and oxygen atoms in total. The zero-order valence-electron chi connectivity index (χ0n) is 15.6. The van der Waals surface area contributed by atoms with E-state index in [-0.39, 0.29) is 12.1 Å². The van der Waals surface area contributed by atoms with Gasteiger partial charge in [0.2, 0.25) is 0 Å². The molecular weight excluding hydrogens is 390 g/mol. The molecule has 0 fully saturated rings. The number of halogens is 4. The van der Waals surface area contributed by atoms with Crippen LogP contribution in [0.2, 0.25) is 0 Å². The normalized spacial score (nSPS) is 13.9. The number of carboxylic acids is 1. The van der Waals surface area contributed by atoms with E-state index in [1.165, 1.54) is 0 Å². The van der Waals surface area contributed by atoms with E-state index >= 15 is 0 Å². The molecule has 0 unspecified atom stereocenters. The maximum absolute atomic E-state index is 14.2. The Bertz CT molecular complexity index is 883. The molecule has 29 heavy (non-hydrogen) atoms. The van der Waals surface area contributed by atoms with Crippen LogP contribution in [0.1, 0.15) is 36.0 Å². The zero-order valence-corrected chi connectivity index (χ0v) is 15.6. The number of hydrogen-bond donors (Lipinski definition) is 1. The smallest absolute Gasteiger partial charge is 0.481 e. The maximum atomic E-state index is 14.2. The summed E-state index contributed by atoms with van der Waals surface area (Å²) >= 11 is 0. The Morgan fingerprint density at radius 2 is 1.90 bits per heavy atom. The molecule has 0 saturated heterocycles. The minimum Gasteiger partial charge on any atom is -0.481 e. The van der Waals surface area contributed by atoms with Gasteiger partial charge in [0.15, 0.2) is 0 Å². The molecule has 8 heteroatoms. The summed E-state index contributed by atoms with van der Waals surface area (Å²) in [4.78, 5) is 12.3. The standard InChI is InChI=1S/C21H21F4NO3/c22-18-8-7-17(29-21(23,24)25)12-19(18)26-10-9-15-11-14(5-6-16(15)13-26)3-1-2-4-20(27)28/h5-8,11-12H,1-4,9-10,13H2,(H,27,28). The van der Waals surface area contributed by atoms with Gasteiger partial charge in [-0.05, 0) is 54.5 Å². The molecule has 1 heterocycles. The summed E-state index contributed by atoms with van der Waals surface area (Å²) in [5.41, 5.74) is 3.32. The lowest BCUT2D eigenvalue weighted by Crippen LogP contribution is -2.31. The van der Waals surface area contributed by atoms with Crippen LogP contribution < -0.4 is 9.64 Å². The SMILES string of the molecule is O=C(O)CCCCc1ccc2c(c1)CCN(c1cc(OC(F)(F)F)ccc1F)C2. The van der Waals surface area contributed by atoms with Gasteiger partial charge in [-0.1, -0.05) is 18.2 Å². The summed E-state index contributed by atoms with van der Waals surface area (Å²) in [7, 11) is 0. The summed E-state index contributed by atoms with van der Waals surface area (Å²) in [6.45, 7) is 0.864. The van der Waals surface area contributed by atoms with Gasteiger partial charge >= 0.3 is 12.3 Å². The molecule has 0 saturated carbocycles. The van der Waals surface area contributed by atoms with Gasteiger partial charge in [-0.2, -0.15) is 0 Å². The van der Waals surface area contributed by atoms with Gasteiger partial charge in [0, 0.05) is 25.6 Å². The van der Waals surface area contributed by atoms with E-state index in [1.54, 1.807) is 4.90 Å². The number of ether oxygens (including phenoxy) is 1. The first-order valence-electron chi connectivity index (χ1n) is 9.34. The highest BCUT2D eigenvalue weighted by Crippen LogP contribution is 2.32. The monoisotopic (exact) mass is 411 g/mol. The van der Waals surface area contributed by atoms with Crippen LogP contribution in [-0.4, -0.2) is 24.0 Å². The van der Waals surface area contributed by atoms with Crippen molar-refractivity contribution in [3.63, 3.8) is 0 Å². The highest BCUT2D eigenvalue weighted by atomic mass is 19.4. The summed E-state index contributed by atoms with van der Waals surface area (Å²) in [6, 6.07) is 9.00. The Hall–Kier alpha value is -2.77. The van der Waals surface area contributed by atoms with E-state index in [1.807, 2.05) is 12.1 Å². The average Bonchev–Trinajstić information content (AvgIpc) is 2.65. The van der Waals surface area contributed by atoms with Crippen LogP contribution >= 0.6 is 0 Å². The van der Waals surface area contributed by atoms with Gasteiger partial charge in [-0.3, -0.25) is 4.79 Å². The predicted molar refractivity (Wildman–Crippen MR) is 99.5 cm³/mol. The number of aryl methyl sites for hydroxylation is 1. The number of anilines is 1. The van der Waals surface area contributed by atoms with E-state index in [4.69, 9.17) is 5.11 Å². The quantitative estimate of drug-likeness (QED) is 0.510. The molecule has 1 N–H and O–H groups in total. The number of fused-ring (bicyclic) bond motifs is 1. The third kappa shape index (κ3) is 5.85. The van der Waals surface area contributed by atoms with Gasteiger partial charge in [0.1, 0.15) is 11.6 Å². The maximum Gasteiger partial charge on any atom is 0.573 e. The van der Waals surface area contributed by atoms with Crippen molar-refractivity contribution in [1.82, 2.24) is 0 Å². The number of carbonyl (C=O) groups is 1. The van der Waals surface area contributed by atoms with E-state index in [0.717, 1.165) is 47.7 Å². The van der Waals surface area contributed by atoms with Crippen molar-refractivity contribution >= 4 is 11.7 Å². The Balaban J connectivity index is 1.68. The highest BCUT2D eigenvalue weighted by molar-refractivity contribution is 5.66. The summed E-state index contributed by atoms with van der Waals surface area (Å²) in [5.74, 6) is -1.85. The molecule has 1 aliphatic rings. The van der Waals surface area contributed by atoms with Crippen molar-refractivity contribution in [3.8, 4) is 5.75 Å². The van der Waals surface area contributed by atoms with Crippen LogP contribution in [-0.2, 0) is 24.2 Å². The van der Waals surface area contributed by atoms with E-state index < -0.39 is 23.9 Å². The number of unbranched alkanes of at least 4 members (excludes halogenated alkanes) is 1. The first-order valence-corrected chi connectivity index (χ1v) is 9.34. The lowest BCUT2D eigenvalue weighted by Gasteiger charge is -2.31. The van der Waals surface area contributed by atoms with E-state index in [0.29, 0.717) is 25.9 Å². The van der Waals surface area contributed by atoms with Crippen LogP contribution in [0.5, 0.6) is 5.75 Å². The number of aliphatic carboxylic acids is 1. The number of alkyl halides is 3. The van der Waals surface area contributed by atoms with Gasteiger partial charge in [-0.15, -0.1) is 13.2 Å². The van der Waals surface area contributed by atoms with Crippen molar-refractivity contribution in [2.24, 2.45) is 0 Å². The first kappa shape index (κ1) is 21.0. The third-order valence-corrected chi connectivity index (χ3v) is 4.88. The summed E-state index contributed by atoms with van der Waals surface area (Å²) in [5, 5.41) is 8.68. The minimum absolute atomic E-state index is 0.0788. The fourth-order valence-corrected chi connectivity index (χ4v) is 3.50. The number of benzene rings is 2. The van der Waals surface area contributed by atoms with Gasteiger partial charge in [0.25, 0.3) is 0 Å². The van der Waals surface area contributed by atoms with Crippen LogP contribution in [0.25, 0.3) is 0 Å². The average molecular weight is 411 g/mol. The van der Waals surface area contributed by atoms with Crippen LogP contribution in [0, 0.1) is 5.82 Å². The third-order valence-electron chi connectivity index (χ3n) is 4.88. The molecule has 0 aliphatic carbocycles. The largest absolute Gasteiger partial charge is 0.573 e. The van der Waals surface area contributed by atoms with Crippen molar-refractivity contribution in [1.29, 1.82) is 0 Å². The first-order chi connectivity index (χ1) is 13.7. The second-order valence-corrected chi connectivity index (χ2v) is 7.04. The molecule has 0 radical (unpaired) electrons. The number of rotatable bonds is 7. The topological polar surface area (TPSA) is 49.8 Å². The van der Waals surface area contributed by atoms with Gasteiger partial charge in [-0.25, -0.2) is 4.39 Å². The minimum atomic E-state index is -4.83. The molecule has 0 aromatic heterocycles.